The predicted octanol–water partition coefficient (Wildman–Crippen LogP) is 3.19. The highest BCUT2D eigenvalue weighted by Gasteiger charge is 1.99. The summed E-state index contributed by atoms with van der Waals surface area (Å²) in [6.07, 6.45) is 2.30. The smallest absolute Gasteiger partial charge is 0.0456 e. The van der Waals surface area contributed by atoms with Crippen molar-refractivity contribution in [1.29, 1.82) is 0 Å². The molecule has 1 atom stereocenters. The molecule has 0 spiro atoms. The van der Waals surface area contributed by atoms with Crippen molar-refractivity contribution in [3.05, 3.63) is 30.3 Å². The van der Waals surface area contributed by atoms with E-state index in [2.05, 4.69) is 31.2 Å². The van der Waals surface area contributed by atoms with Crippen LogP contribution in [0.15, 0.2) is 35.2 Å². The normalized spacial score (nSPS) is 12.7. The number of rotatable bonds is 6. The van der Waals surface area contributed by atoms with Gasteiger partial charge in [-0.25, -0.2) is 0 Å². The second-order valence-corrected chi connectivity index (χ2v) is 4.76. The molecule has 0 radical (unpaired) electrons. The molecule has 78 valence electrons. The van der Waals surface area contributed by atoms with Gasteiger partial charge >= 0.3 is 0 Å². The molecule has 0 amide bonds. The van der Waals surface area contributed by atoms with Crippen molar-refractivity contribution < 1.29 is 5.11 Å². The Bertz CT molecular complexity index is 235. The molecule has 0 aliphatic rings. The van der Waals surface area contributed by atoms with Crippen LogP contribution in [0.4, 0.5) is 0 Å². The van der Waals surface area contributed by atoms with Gasteiger partial charge in [0, 0.05) is 11.5 Å². The highest BCUT2D eigenvalue weighted by molar-refractivity contribution is 7.99. The summed E-state index contributed by atoms with van der Waals surface area (Å²) in [5.74, 6) is 1.60. The van der Waals surface area contributed by atoms with Gasteiger partial charge in [0.05, 0.1) is 0 Å². The molecule has 0 bridgehead atoms. The molecule has 0 saturated carbocycles. The van der Waals surface area contributed by atoms with Crippen LogP contribution in [-0.4, -0.2) is 17.5 Å². The SMILES string of the molecule is CC(CO)CCCSc1ccccc1. The molecule has 1 nitrogen and oxygen atoms in total. The van der Waals surface area contributed by atoms with E-state index in [4.69, 9.17) is 5.11 Å². The van der Waals surface area contributed by atoms with E-state index in [0.717, 1.165) is 12.2 Å². The van der Waals surface area contributed by atoms with Crippen LogP contribution in [0.5, 0.6) is 0 Å². The Labute approximate surface area is 90.5 Å². The Kier molecular flexibility index (Phi) is 5.72. The molecule has 0 heterocycles. The van der Waals surface area contributed by atoms with E-state index < -0.39 is 0 Å². The molecule has 0 aromatic heterocycles. The van der Waals surface area contributed by atoms with Gasteiger partial charge in [0.15, 0.2) is 0 Å². The fourth-order valence-corrected chi connectivity index (χ4v) is 2.13. The largest absolute Gasteiger partial charge is 0.396 e. The van der Waals surface area contributed by atoms with Crippen molar-refractivity contribution in [3.8, 4) is 0 Å². The molecule has 0 fully saturated rings. The highest BCUT2D eigenvalue weighted by atomic mass is 32.2. The van der Waals surface area contributed by atoms with Gasteiger partial charge in [0.1, 0.15) is 0 Å². The minimum absolute atomic E-state index is 0.315. The van der Waals surface area contributed by atoms with Crippen LogP contribution in [0.3, 0.4) is 0 Å². The molecule has 14 heavy (non-hydrogen) atoms. The van der Waals surface area contributed by atoms with Crippen molar-refractivity contribution in [3.63, 3.8) is 0 Å². The van der Waals surface area contributed by atoms with E-state index in [0.29, 0.717) is 12.5 Å². The lowest BCUT2D eigenvalue weighted by Gasteiger charge is -2.06. The maximum atomic E-state index is 8.84. The Balaban J connectivity index is 2.10. The summed E-state index contributed by atoms with van der Waals surface area (Å²) < 4.78 is 0. The molecule has 0 aliphatic heterocycles. The molecule has 1 N–H and O–H groups in total. The average molecular weight is 210 g/mol. The molecular weight excluding hydrogens is 192 g/mol. The lowest BCUT2D eigenvalue weighted by atomic mass is 10.1. The second kappa shape index (κ2) is 6.91. The van der Waals surface area contributed by atoms with E-state index in [1.165, 1.54) is 11.3 Å². The zero-order chi connectivity index (χ0) is 10.2. The van der Waals surface area contributed by atoms with Crippen molar-refractivity contribution in [2.45, 2.75) is 24.7 Å². The van der Waals surface area contributed by atoms with E-state index in [1.54, 1.807) is 0 Å². The maximum Gasteiger partial charge on any atom is 0.0456 e. The van der Waals surface area contributed by atoms with E-state index in [-0.39, 0.29) is 0 Å². The van der Waals surface area contributed by atoms with Gasteiger partial charge in [-0.05, 0) is 36.6 Å². The summed E-state index contributed by atoms with van der Waals surface area (Å²) in [7, 11) is 0. The molecule has 0 saturated heterocycles. The summed E-state index contributed by atoms with van der Waals surface area (Å²) in [4.78, 5) is 1.34. The summed E-state index contributed by atoms with van der Waals surface area (Å²) in [6, 6.07) is 10.5. The van der Waals surface area contributed by atoms with E-state index in [9.17, 15) is 0 Å². The number of aliphatic hydroxyl groups is 1. The van der Waals surface area contributed by atoms with Gasteiger partial charge < -0.3 is 5.11 Å². The third-order valence-electron chi connectivity index (χ3n) is 2.16. The summed E-state index contributed by atoms with van der Waals surface area (Å²) in [5.41, 5.74) is 0. The molecule has 1 aromatic carbocycles. The minimum atomic E-state index is 0.315. The van der Waals surface area contributed by atoms with Crippen LogP contribution < -0.4 is 0 Å². The third kappa shape index (κ3) is 4.68. The standard InChI is InChI=1S/C12H18OS/c1-11(10-13)6-5-9-14-12-7-3-2-4-8-12/h2-4,7-8,11,13H,5-6,9-10H2,1H3. The maximum absolute atomic E-state index is 8.84. The summed E-state index contributed by atoms with van der Waals surface area (Å²) in [5, 5.41) is 8.84. The lowest BCUT2D eigenvalue weighted by molar-refractivity contribution is 0.230. The molecule has 1 aromatic rings. The molecule has 2 heteroatoms. The van der Waals surface area contributed by atoms with Gasteiger partial charge in [-0.15, -0.1) is 11.8 Å². The molecule has 0 aliphatic carbocycles. The lowest BCUT2D eigenvalue weighted by Crippen LogP contribution is -2.00. The van der Waals surface area contributed by atoms with Crippen molar-refractivity contribution >= 4 is 11.8 Å². The summed E-state index contributed by atoms with van der Waals surface area (Å²) >= 11 is 1.89. The fraction of sp³-hybridized carbons (Fsp3) is 0.500. The van der Waals surface area contributed by atoms with Gasteiger partial charge in [0.25, 0.3) is 0 Å². The van der Waals surface area contributed by atoms with Crippen LogP contribution in [-0.2, 0) is 0 Å². The van der Waals surface area contributed by atoms with Crippen LogP contribution in [0.25, 0.3) is 0 Å². The first kappa shape index (κ1) is 11.6. The summed E-state index contributed by atoms with van der Waals surface area (Å²) in [6.45, 7) is 2.41. The molecule has 1 unspecified atom stereocenters. The molecule has 1 rings (SSSR count). The molecular formula is C12H18OS. The fourth-order valence-electron chi connectivity index (χ4n) is 1.23. The quantitative estimate of drug-likeness (QED) is 0.575. The Morgan fingerprint density at radius 3 is 2.64 bits per heavy atom. The van der Waals surface area contributed by atoms with E-state index in [1.807, 2.05) is 17.8 Å². The van der Waals surface area contributed by atoms with Crippen molar-refractivity contribution in [2.24, 2.45) is 5.92 Å². The van der Waals surface area contributed by atoms with Crippen LogP contribution >= 0.6 is 11.8 Å². The van der Waals surface area contributed by atoms with Crippen LogP contribution in [0, 0.1) is 5.92 Å². The predicted molar refractivity (Wildman–Crippen MR) is 62.6 cm³/mol. The zero-order valence-electron chi connectivity index (χ0n) is 8.65. The Hall–Kier alpha value is -0.470. The highest BCUT2D eigenvalue weighted by Crippen LogP contribution is 2.19. The topological polar surface area (TPSA) is 20.2 Å². The van der Waals surface area contributed by atoms with Crippen LogP contribution in [0.1, 0.15) is 19.8 Å². The van der Waals surface area contributed by atoms with Crippen molar-refractivity contribution in [1.82, 2.24) is 0 Å². The van der Waals surface area contributed by atoms with Gasteiger partial charge in [-0.1, -0.05) is 25.1 Å². The van der Waals surface area contributed by atoms with Gasteiger partial charge in [0.2, 0.25) is 0 Å². The first-order valence-corrected chi connectivity index (χ1v) is 6.10. The first-order chi connectivity index (χ1) is 6.83. The third-order valence-corrected chi connectivity index (χ3v) is 3.26. The number of hydrogen-bond acceptors (Lipinski definition) is 2. The van der Waals surface area contributed by atoms with Gasteiger partial charge in [-0.3, -0.25) is 0 Å². The average Bonchev–Trinajstić information content (AvgIpc) is 2.25. The Morgan fingerprint density at radius 1 is 1.29 bits per heavy atom. The first-order valence-electron chi connectivity index (χ1n) is 5.11. The number of thioether (sulfide) groups is 1. The number of hydrogen-bond donors (Lipinski definition) is 1. The minimum Gasteiger partial charge on any atom is -0.396 e. The second-order valence-electron chi connectivity index (χ2n) is 3.59. The van der Waals surface area contributed by atoms with Crippen LogP contribution in [0.2, 0.25) is 0 Å². The van der Waals surface area contributed by atoms with Crippen molar-refractivity contribution in [2.75, 3.05) is 12.4 Å². The van der Waals surface area contributed by atoms with E-state index >= 15 is 0 Å². The monoisotopic (exact) mass is 210 g/mol. The number of benzene rings is 1. The zero-order valence-corrected chi connectivity index (χ0v) is 9.46. The Morgan fingerprint density at radius 2 is 2.00 bits per heavy atom. The van der Waals surface area contributed by atoms with Gasteiger partial charge in [-0.2, -0.15) is 0 Å². The number of aliphatic hydroxyl groups excluding tert-OH is 1.